The highest BCUT2D eigenvalue weighted by molar-refractivity contribution is 9.10. The molecule has 0 saturated heterocycles. The van der Waals surface area contributed by atoms with Crippen LogP contribution in [0.2, 0.25) is 0 Å². The van der Waals surface area contributed by atoms with Crippen molar-refractivity contribution in [2.75, 3.05) is 5.73 Å². The van der Waals surface area contributed by atoms with Gasteiger partial charge in [0, 0.05) is 5.56 Å². The van der Waals surface area contributed by atoms with E-state index in [0.29, 0.717) is 26.9 Å². The Bertz CT molecular complexity index is 739. The molecule has 90 valence electrons. The van der Waals surface area contributed by atoms with E-state index in [1.807, 2.05) is 0 Å². The Balaban J connectivity index is 2.37. The highest BCUT2D eigenvalue weighted by Crippen LogP contribution is 2.30. The van der Waals surface area contributed by atoms with Crippen LogP contribution >= 0.6 is 15.9 Å². The molecule has 0 unspecified atom stereocenters. The number of aromatic nitrogens is 4. The molecule has 0 bridgehead atoms. The number of fused-ring (bicyclic) bond motifs is 1. The summed E-state index contributed by atoms with van der Waals surface area (Å²) in [4.78, 5) is 14.9. The number of hydrogen-bond acceptors (Lipinski definition) is 4. The number of nitrogens with one attached hydrogen (secondary N) is 1. The van der Waals surface area contributed by atoms with Gasteiger partial charge in [-0.05, 0) is 28.1 Å². The normalized spacial score (nSPS) is 11.0. The fourth-order valence-electron chi connectivity index (χ4n) is 1.73. The average Bonchev–Trinajstić information content (AvgIpc) is 2.79. The van der Waals surface area contributed by atoms with Crippen molar-refractivity contribution >= 4 is 33.0 Å². The summed E-state index contributed by atoms with van der Waals surface area (Å²) in [6.07, 6.45) is 1.47. The van der Waals surface area contributed by atoms with E-state index >= 15 is 0 Å². The van der Waals surface area contributed by atoms with Crippen molar-refractivity contribution in [3.63, 3.8) is 0 Å². The first kappa shape index (κ1) is 11.1. The van der Waals surface area contributed by atoms with Crippen molar-refractivity contribution in [1.29, 1.82) is 0 Å². The minimum Gasteiger partial charge on any atom is -0.368 e. The lowest BCUT2D eigenvalue weighted by Gasteiger charge is -2.05. The number of benzene rings is 1. The van der Waals surface area contributed by atoms with Gasteiger partial charge in [-0.25, -0.2) is 14.4 Å². The number of imidazole rings is 1. The Morgan fingerprint density at radius 1 is 1.28 bits per heavy atom. The van der Waals surface area contributed by atoms with E-state index in [9.17, 15) is 4.39 Å². The van der Waals surface area contributed by atoms with Crippen LogP contribution in [0.25, 0.3) is 22.4 Å². The number of nitrogens with two attached hydrogens (primary N) is 1. The largest absolute Gasteiger partial charge is 0.368 e. The minimum atomic E-state index is -0.397. The van der Waals surface area contributed by atoms with Gasteiger partial charge in [-0.3, -0.25) is 0 Å². The second-order valence-corrected chi connectivity index (χ2v) is 4.49. The standard InChI is InChI=1S/C11H7BrFN5/c12-6-3-1-2-5(7(6)13)8-9-10(16-4-15-9)18-11(14)17-8/h1-4H,(H3,14,15,16,17,18). The topological polar surface area (TPSA) is 80.5 Å². The minimum absolute atomic E-state index is 0.0592. The van der Waals surface area contributed by atoms with Gasteiger partial charge >= 0.3 is 0 Å². The predicted octanol–water partition coefficient (Wildman–Crippen LogP) is 2.50. The molecule has 0 aliphatic heterocycles. The summed E-state index contributed by atoms with van der Waals surface area (Å²) in [6, 6.07) is 4.97. The summed E-state index contributed by atoms with van der Waals surface area (Å²) in [7, 11) is 0. The third-order valence-electron chi connectivity index (χ3n) is 2.51. The van der Waals surface area contributed by atoms with E-state index in [1.54, 1.807) is 18.2 Å². The zero-order chi connectivity index (χ0) is 12.7. The van der Waals surface area contributed by atoms with Gasteiger partial charge in [0.1, 0.15) is 17.0 Å². The van der Waals surface area contributed by atoms with Crippen molar-refractivity contribution in [2.45, 2.75) is 0 Å². The van der Waals surface area contributed by atoms with Gasteiger partial charge in [-0.2, -0.15) is 4.98 Å². The number of aromatic amines is 1. The highest BCUT2D eigenvalue weighted by Gasteiger charge is 2.15. The number of hydrogen-bond donors (Lipinski definition) is 2. The third kappa shape index (κ3) is 1.63. The fourth-order valence-corrected chi connectivity index (χ4v) is 2.10. The third-order valence-corrected chi connectivity index (χ3v) is 3.12. The molecule has 2 heterocycles. The molecule has 0 saturated carbocycles. The van der Waals surface area contributed by atoms with Crippen LogP contribution in [-0.4, -0.2) is 19.9 Å². The maximum Gasteiger partial charge on any atom is 0.222 e. The van der Waals surface area contributed by atoms with Crippen molar-refractivity contribution in [2.24, 2.45) is 0 Å². The lowest BCUT2D eigenvalue weighted by molar-refractivity contribution is 0.624. The predicted molar refractivity (Wildman–Crippen MR) is 69.2 cm³/mol. The monoisotopic (exact) mass is 307 g/mol. The lowest BCUT2D eigenvalue weighted by Crippen LogP contribution is -1.99. The lowest BCUT2D eigenvalue weighted by atomic mass is 10.1. The van der Waals surface area contributed by atoms with Crippen LogP contribution in [0.15, 0.2) is 29.0 Å². The molecule has 18 heavy (non-hydrogen) atoms. The summed E-state index contributed by atoms with van der Waals surface area (Å²) < 4.78 is 14.4. The maximum atomic E-state index is 14.1. The zero-order valence-electron chi connectivity index (χ0n) is 8.98. The molecule has 3 N–H and O–H groups in total. The Hall–Kier alpha value is -2.02. The average molecular weight is 308 g/mol. The van der Waals surface area contributed by atoms with Crippen molar-refractivity contribution in [1.82, 2.24) is 19.9 Å². The van der Waals surface area contributed by atoms with Crippen molar-refractivity contribution < 1.29 is 4.39 Å². The number of nitrogen functional groups attached to an aromatic ring is 1. The molecule has 0 aliphatic rings. The van der Waals surface area contributed by atoms with Gasteiger partial charge in [0.25, 0.3) is 0 Å². The Morgan fingerprint density at radius 3 is 2.94 bits per heavy atom. The Kier molecular flexibility index (Phi) is 2.48. The summed E-state index contributed by atoms with van der Waals surface area (Å²) in [5.74, 6) is -0.338. The number of anilines is 1. The molecule has 0 aliphatic carbocycles. The molecule has 0 fully saturated rings. The molecule has 3 rings (SSSR count). The molecule has 0 amide bonds. The van der Waals surface area contributed by atoms with Crippen molar-refractivity contribution in [3.05, 3.63) is 34.8 Å². The first-order chi connectivity index (χ1) is 8.66. The summed E-state index contributed by atoms with van der Waals surface area (Å²) in [5.41, 5.74) is 7.31. The molecule has 2 aromatic heterocycles. The number of H-pyrrole nitrogens is 1. The smallest absolute Gasteiger partial charge is 0.222 e. The SMILES string of the molecule is Nc1nc(-c2cccc(Br)c2F)c2[nH]cnc2n1. The van der Waals surface area contributed by atoms with Gasteiger partial charge in [-0.1, -0.05) is 6.07 Å². The molecule has 7 heteroatoms. The van der Waals surface area contributed by atoms with Gasteiger partial charge in [0.05, 0.1) is 10.8 Å². The molecule has 0 atom stereocenters. The highest BCUT2D eigenvalue weighted by atomic mass is 79.9. The summed E-state index contributed by atoms with van der Waals surface area (Å²) >= 11 is 3.14. The van der Waals surface area contributed by atoms with Crippen LogP contribution < -0.4 is 5.73 Å². The van der Waals surface area contributed by atoms with Crippen molar-refractivity contribution in [3.8, 4) is 11.3 Å². The van der Waals surface area contributed by atoms with Gasteiger partial charge < -0.3 is 10.7 Å². The van der Waals surface area contributed by atoms with Gasteiger partial charge in [0.15, 0.2) is 5.65 Å². The molecule has 0 radical (unpaired) electrons. The molecular formula is C11H7BrFN5. The van der Waals surface area contributed by atoms with Crippen LogP contribution in [0.1, 0.15) is 0 Å². The van der Waals surface area contributed by atoms with E-state index < -0.39 is 5.82 Å². The quantitative estimate of drug-likeness (QED) is 0.724. The fraction of sp³-hybridized carbons (Fsp3) is 0. The van der Waals surface area contributed by atoms with E-state index in [-0.39, 0.29) is 5.95 Å². The van der Waals surface area contributed by atoms with Gasteiger partial charge in [-0.15, -0.1) is 0 Å². The molecule has 3 aromatic rings. The Morgan fingerprint density at radius 2 is 2.11 bits per heavy atom. The maximum absolute atomic E-state index is 14.1. The molecule has 0 spiro atoms. The number of nitrogens with zero attached hydrogens (tertiary/aromatic N) is 3. The van der Waals surface area contributed by atoms with E-state index in [2.05, 4.69) is 35.9 Å². The van der Waals surface area contributed by atoms with E-state index in [1.165, 1.54) is 6.33 Å². The second kappa shape index (κ2) is 4.02. The molecule has 5 nitrogen and oxygen atoms in total. The second-order valence-electron chi connectivity index (χ2n) is 3.63. The number of halogens is 2. The first-order valence-corrected chi connectivity index (χ1v) is 5.87. The molecule has 1 aromatic carbocycles. The Labute approximate surface area is 109 Å². The van der Waals surface area contributed by atoms with Crippen LogP contribution in [0, 0.1) is 5.82 Å². The van der Waals surface area contributed by atoms with Crippen LogP contribution in [0.3, 0.4) is 0 Å². The van der Waals surface area contributed by atoms with Gasteiger partial charge in [0.2, 0.25) is 5.95 Å². The zero-order valence-corrected chi connectivity index (χ0v) is 10.6. The molecular weight excluding hydrogens is 301 g/mol. The number of rotatable bonds is 1. The first-order valence-electron chi connectivity index (χ1n) is 5.08. The van der Waals surface area contributed by atoms with Crippen LogP contribution in [-0.2, 0) is 0 Å². The van der Waals surface area contributed by atoms with E-state index in [4.69, 9.17) is 5.73 Å². The van der Waals surface area contributed by atoms with E-state index in [0.717, 1.165) is 0 Å². The van der Waals surface area contributed by atoms with Crippen LogP contribution in [0.5, 0.6) is 0 Å². The summed E-state index contributed by atoms with van der Waals surface area (Å²) in [6.45, 7) is 0. The van der Waals surface area contributed by atoms with Crippen LogP contribution in [0.4, 0.5) is 10.3 Å². The summed E-state index contributed by atoms with van der Waals surface area (Å²) in [5, 5.41) is 0.